The summed E-state index contributed by atoms with van der Waals surface area (Å²) in [6, 6.07) is 7.32. The maximum Gasteiger partial charge on any atom is 0.152 e. The van der Waals surface area contributed by atoms with Crippen molar-refractivity contribution in [1.82, 2.24) is 9.78 Å². The zero-order valence-electron chi connectivity index (χ0n) is 11.6. The van der Waals surface area contributed by atoms with E-state index in [4.69, 9.17) is 17.3 Å². The van der Waals surface area contributed by atoms with Crippen LogP contribution in [0.1, 0.15) is 13.3 Å². The number of hydrogen-bond acceptors (Lipinski definition) is 4. The van der Waals surface area contributed by atoms with Crippen LogP contribution in [0, 0.1) is 0 Å². The number of benzene rings is 1. The van der Waals surface area contributed by atoms with E-state index in [1.54, 1.807) is 16.9 Å². The van der Waals surface area contributed by atoms with Gasteiger partial charge in [-0.15, -0.1) is 0 Å². The number of hydrogen-bond donors (Lipinski definition) is 1. The molecule has 5 nitrogen and oxygen atoms in total. The Labute approximate surface area is 128 Å². The lowest BCUT2D eigenvalue weighted by atomic mass is 10.0. The Morgan fingerprint density at radius 2 is 2.10 bits per heavy atom. The number of anilines is 1. The van der Waals surface area contributed by atoms with Gasteiger partial charge in [-0.1, -0.05) is 29.8 Å². The molecule has 2 heterocycles. The summed E-state index contributed by atoms with van der Waals surface area (Å²) in [7, 11) is -3.01. The smallest absolute Gasteiger partial charge is 0.152 e. The summed E-state index contributed by atoms with van der Waals surface area (Å²) in [5, 5.41) is 5.07. The van der Waals surface area contributed by atoms with Gasteiger partial charge >= 0.3 is 0 Å². The second-order valence-corrected chi connectivity index (χ2v) is 8.29. The average molecular weight is 326 g/mol. The molecule has 0 saturated carbocycles. The Kier molecular flexibility index (Phi) is 3.26. The first-order chi connectivity index (χ1) is 9.81. The number of rotatable bonds is 2. The third kappa shape index (κ3) is 2.53. The Balaban J connectivity index is 2.05. The minimum Gasteiger partial charge on any atom is -0.396 e. The first-order valence-corrected chi connectivity index (χ1v) is 8.82. The highest BCUT2D eigenvalue weighted by Crippen LogP contribution is 2.35. The summed E-state index contributed by atoms with van der Waals surface area (Å²) in [5.74, 6) is 0.272. The largest absolute Gasteiger partial charge is 0.396 e. The Hall–Kier alpha value is -1.53. The highest BCUT2D eigenvalue weighted by molar-refractivity contribution is 7.91. The predicted molar refractivity (Wildman–Crippen MR) is 84.0 cm³/mol. The molecule has 1 aliphatic rings. The summed E-state index contributed by atoms with van der Waals surface area (Å²) >= 11 is 6.18. The van der Waals surface area contributed by atoms with Crippen LogP contribution in [-0.4, -0.2) is 29.7 Å². The molecule has 1 aromatic heterocycles. The van der Waals surface area contributed by atoms with Gasteiger partial charge in [-0.25, -0.2) is 8.42 Å². The van der Waals surface area contributed by atoms with Crippen molar-refractivity contribution in [3.63, 3.8) is 0 Å². The summed E-state index contributed by atoms with van der Waals surface area (Å²) in [6.45, 7) is 1.89. The maximum absolute atomic E-state index is 11.7. The normalized spacial score (nSPS) is 24.3. The van der Waals surface area contributed by atoms with E-state index < -0.39 is 15.4 Å². The van der Waals surface area contributed by atoms with Gasteiger partial charge in [-0.3, -0.25) is 4.68 Å². The summed E-state index contributed by atoms with van der Waals surface area (Å²) in [6.07, 6.45) is 2.23. The molecule has 1 unspecified atom stereocenters. The van der Waals surface area contributed by atoms with Gasteiger partial charge in [0.1, 0.15) is 5.69 Å². The lowest BCUT2D eigenvalue weighted by Gasteiger charge is -2.22. The number of nitrogens with two attached hydrogens (primary N) is 1. The van der Waals surface area contributed by atoms with Crippen LogP contribution in [0.3, 0.4) is 0 Å². The molecule has 0 spiro atoms. The molecule has 0 amide bonds. The van der Waals surface area contributed by atoms with E-state index >= 15 is 0 Å². The van der Waals surface area contributed by atoms with Crippen LogP contribution in [0.4, 0.5) is 5.69 Å². The van der Waals surface area contributed by atoms with E-state index in [1.165, 1.54) is 0 Å². The molecule has 2 N–H and O–H groups in total. The van der Waals surface area contributed by atoms with E-state index in [-0.39, 0.29) is 11.5 Å². The lowest BCUT2D eigenvalue weighted by molar-refractivity contribution is 0.329. The molecule has 7 heteroatoms. The van der Waals surface area contributed by atoms with Gasteiger partial charge in [0.05, 0.1) is 27.8 Å². The fraction of sp³-hybridized carbons (Fsp3) is 0.357. The topological polar surface area (TPSA) is 78.0 Å². The minimum atomic E-state index is -3.01. The van der Waals surface area contributed by atoms with Gasteiger partial charge in [0.2, 0.25) is 0 Å². The maximum atomic E-state index is 11.7. The van der Waals surface area contributed by atoms with Gasteiger partial charge in [0.15, 0.2) is 9.84 Å². The van der Waals surface area contributed by atoms with Gasteiger partial charge in [0.25, 0.3) is 0 Å². The van der Waals surface area contributed by atoms with Crippen molar-refractivity contribution in [2.75, 3.05) is 17.2 Å². The summed E-state index contributed by atoms with van der Waals surface area (Å²) in [5.41, 5.74) is 7.33. The first-order valence-electron chi connectivity index (χ1n) is 6.62. The number of sulfone groups is 1. The highest BCUT2D eigenvalue weighted by atomic mass is 35.5. The Morgan fingerprint density at radius 1 is 1.38 bits per heavy atom. The first kappa shape index (κ1) is 14.4. The number of nitrogen functional groups attached to an aromatic ring is 1. The molecule has 21 heavy (non-hydrogen) atoms. The number of aromatic nitrogens is 2. The van der Waals surface area contributed by atoms with Crippen LogP contribution < -0.4 is 5.73 Å². The monoisotopic (exact) mass is 325 g/mol. The zero-order chi connectivity index (χ0) is 15.3. The molecule has 1 aromatic carbocycles. The van der Waals surface area contributed by atoms with Crippen LogP contribution in [0.15, 0.2) is 30.5 Å². The van der Waals surface area contributed by atoms with Crippen molar-refractivity contribution in [2.24, 2.45) is 0 Å². The quantitative estimate of drug-likeness (QED) is 0.919. The highest BCUT2D eigenvalue weighted by Gasteiger charge is 2.41. The van der Waals surface area contributed by atoms with E-state index in [1.807, 2.05) is 25.1 Å². The van der Waals surface area contributed by atoms with E-state index in [2.05, 4.69) is 5.10 Å². The molecule has 2 aromatic rings. The fourth-order valence-electron chi connectivity index (χ4n) is 2.70. The molecule has 3 rings (SSSR count). The van der Waals surface area contributed by atoms with Gasteiger partial charge in [-0.05, 0) is 19.4 Å². The van der Waals surface area contributed by atoms with E-state index in [0.29, 0.717) is 22.8 Å². The van der Waals surface area contributed by atoms with Gasteiger partial charge in [-0.2, -0.15) is 5.10 Å². The van der Waals surface area contributed by atoms with Crippen molar-refractivity contribution in [2.45, 2.75) is 18.9 Å². The molecule has 1 saturated heterocycles. The molecular weight excluding hydrogens is 310 g/mol. The Morgan fingerprint density at radius 3 is 2.71 bits per heavy atom. The molecular formula is C14H16ClN3O2S. The van der Waals surface area contributed by atoms with Crippen LogP contribution in [-0.2, 0) is 15.4 Å². The zero-order valence-corrected chi connectivity index (χ0v) is 13.2. The average Bonchev–Trinajstić information content (AvgIpc) is 2.92. The molecule has 0 radical (unpaired) electrons. The van der Waals surface area contributed by atoms with Crippen LogP contribution >= 0.6 is 11.6 Å². The second kappa shape index (κ2) is 4.74. The molecule has 1 atom stereocenters. The number of halogens is 1. The van der Waals surface area contributed by atoms with Crippen LogP contribution in [0.5, 0.6) is 0 Å². The van der Waals surface area contributed by atoms with Crippen molar-refractivity contribution >= 4 is 27.1 Å². The van der Waals surface area contributed by atoms with Crippen LogP contribution in [0.2, 0.25) is 5.02 Å². The van der Waals surface area contributed by atoms with Crippen molar-refractivity contribution in [3.05, 3.63) is 35.5 Å². The van der Waals surface area contributed by atoms with Crippen molar-refractivity contribution in [1.29, 1.82) is 0 Å². The Bertz CT molecular complexity index is 800. The number of nitrogens with zero attached hydrogens (tertiary/aromatic N) is 2. The van der Waals surface area contributed by atoms with E-state index in [9.17, 15) is 8.42 Å². The molecule has 1 fully saturated rings. The minimum absolute atomic E-state index is 0.0864. The third-order valence-electron chi connectivity index (χ3n) is 3.91. The molecule has 0 bridgehead atoms. The summed E-state index contributed by atoms with van der Waals surface area (Å²) in [4.78, 5) is 0. The van der Waals surface area contributed by atoms with Gasteiger partial charge < -0.3 is 5.73 Å². The third-order valence-corrected chi connectivity index (χ3v) is 6.12. The SMILES string of the molecule is CC1(n2cc(N)c(-c3ccccc3Cl)n2)CCS(=O)(=O)C1. The van der Waals surface area contributed by atoms with Crippen molar-refractivity contribution in [3.8, 4) is 11.3 Å². The predicted octanol–water partition coefficient (Wildman–Crippen LogP) is 2.32. The van der Waals surface area contributed by atoms with Crippen molar-refractivity contribution < 1.29 is 8.42 Å². The second-order valence-electron chi connectivity index (χ2n) is 5.70. The lowest BCUT2D eigenvalue weighted by Crippen LogP contribution is -2.31. The van der Waals surface area contributed by atoms with Gasteiger partial charge in [0, 0.05) is 11.8 Å². The molecule has 1 aliphatic heterocycles. The van der Waals surface area contributed by atoms with Crippen LogP contribution in [0.25, 0.3) is 11.3 Å². The fourth-order valence-corrected chi connectivity index (χ4v) is 5.05. The molecule has 112 valence electrons. The van der Waals surface area contributed by atoms with E-state index in [0.717, 1.165) is 5.56 Å². The molecule has 0 aliphatic carbocycles. The summed E-state index contributed by atoms with van der Waals surface area (Å²) < 4.78 is 25.2. The standard InChI is InChI=1S/C14H16ClN3O2S/c1-14(6-7-21(19,20)9-14)18-8-12(16)13(17-18)10-4-2-3-5-11(10)15/h2-5,8H,6-7,9,16H2,1H3.